The standard InChI is InChI=1S/C9H9FOS/c1-2-11-9(12)7-3-5-8(10)6-4-7/h3-6H,2H2,1H3. The van der Waals surface area contributed by atoms with Crippen molar-refractivity contribution < 1.29 is 9.13 Å². The van der Waals surface area contributed by atoms with Crippen LogP contribution in [0.25, 0.3) is 0 Å². The van der Waals surface area contributed by atoms with Gasteiger partial charge in [-0.3, -0.25) is 0 Å². The summed E-state index contributed by atoms with van der Waals surface area (Å²) in [5.41, 5.74) is 0.744. The highest BCUT2D eigenvalue weighted by Crippen LogP contribution is 2.05. The van der Waals surface area contributed by atoms with Crippen LogP contribution >= 0.6 is 12.2 Å². The van der Waals surface area contributed by atoms with E-state index in [1.54, 1.807) is 12.1 Å². The van der Waals surface area contributed by atoms with Crippen molar-refractivity contribution >= 4 is 17.3 Å². The minimum absolute atomic E-state index is 0.266. The molecular weight excluding hydrogens is 175 g/mol. The second-order valence-electron chi connectivity index (χ2n) is 2.23. The van der Waals surface area contributed by atoms with Crippen molar-refractivity contribution in [3.63, 3.8) is 0 Å². The zero-order valence-corrected chi connectivity index (χ0v) is 7.53. The monoisotopic (exact) mass is 184 g/mol. The minimum atomic E-state index is -0.266. The van der Waals surface area contributed by atoms with Gasteiger partial charge in [-0.25, -0.2) is 4.39 Å². The zero-order valence-electron chi connectivity index (χ0n) is 6.71. The van der Waals surface area contributed by atoms with Crippen LogP contribution in [-0.2, 0) is 4.74 Å². The van der Waals surface area contributed by atoms with E-state index in [9.17, 15) is 4.39 Å². The Bertz CT molecular complexity index is 268. The van der Waals surface area contributed by atoms with Crippen molar-refractivity contribution in [1.29, 1.82) is 0 Å². The lowest BCUT2D eigenvalue weighted by molar-refractivity contribution is 0.337. The molecule has 0 heterocycles. The van der Waals surface area contributed by atoms with E-state index in [1.807, 2.05) is 6.92 Å². The Morgan fingerprint density at radius 3 is 2.50 bits per heavy atom. The number of thiocarbonyl (C=S) groups is 1. The summed E-state index contributed by atoms with van der Waals surface area (Å²) in [5.74, 6) is -0.266. The van der Waals surface area contributed by atoms with Gasteiger partial charge in [0, 0.05) is 5.56 Å². The van der Waals surface area contributed by atoms with Crippen molar-refractivity contribution in [2.45, 2.75) is 6.92 Å². The van der Waals surface area contributed by atoms with Crippen LogP contribution in [0.1, 0.15) is 12.5 Å². The van der Waals surface area contributed by atoms with Gasteiger partial charge in [0.15, 0.2) is 5.05 Å². The molecule has 64 valence electrons. The first-order valence-corrected chi connectivity index (χ1v) is 4.07. The number of hydrogen-bond donors (Lipinski definition) is 0. The number of halogens is 1. The van der Waals surface area contributed by atoms with Gasteiger partial charge >= 0.3 is 0 Å². The molecule has 0 spiro atoms. The molecule has 0 fully saturated rings. The minimum Gasteiger partial charge on any atom is -0.483 e. The third kappa shape index (κ3) is 2.27. The number of hydrogen-bond acceptors (Lipinski definition) is 2. The summed E-state index contributed by atoms with van der Waals surface area (Å²) < 4.78 is 17.5. The first kappa shape index (κ1) is 9.13. The third-order valence-electron chi connectivity index (χ3n) is 1.36. The van der Waals surface area contributed by atoms with E-state index < -0.39 is 0 Å². The van der Waals surface area contributed by atoms with Crippen LogP contribution in [0.4, 0.5) is 4.39 Å². The molecule has 1 aromatic carbocycles. The van der Waals surface area contributed by atoms with Crippen LogP contribution < -0.4 is 0 Å². The lowest BCUT2D eigenvalue weighted by Gasteiger charge is -2.03. The first-order chi connectivity index (χ1) is 5.74. The molecule has 1 aromatic rings. The number of ether oxygens (including phenoxy) is 1. The van der Waals surface area contributed by atoms with Crippen LogP contribution in [-0.4, -0.2) is 11.7 Å². The average molecular weight is 184 g/mol. The molecular formula is C9H9FOS. The maximum Gasteiger partial charge on any atom is 0.191 e. The molecule has 0 unspecified atom stereocenters. The quantitative estimate of drug-likeness (QED) is 0.653. The fourth-order valence-electron chi connectivity index (χ4n) is 0.800. The van der Waals surface area contributed by atoms with Gasteiger partial charge in [0.2, 0.25) is 0 Å². The van der Waals surface area contributed by atoms with Crippen LogP contribution in [0.3, 0.4) is 0 Å². The van der Waals surface area contributed by atoms with E-state index in [0.717, 1.165) is 5.56 Å². The molecule has 0 saturated heterocycles. The number of benzene rings is 1. The Morgan fingerprint density at radius 2 is 2.00 bits per heavy atom. The molecule has 1 rings (SSSR count). The van der Waals surface area contributed by atoms with Gasteiger partial charge < -0.3 is 4.74 Å². The Balaban J connectivity index is 2.75. The summed E-state index contributed by atoms with van der Waals surface area (Å²) in [6.07, 6.45) is 0. The second-order valence-corrected chi connectivity index (χ2v) is 2.60. The summed E-state index contributed by atoms with van der Waals surface area (Å²) in [6.45, 7) is 2.39. The zero-order chi connectivity index (χ0) is 8.97. The molecule has 12 heavy (non-hydrogen) atoms. The molecule has 0 saturated carbocycles. The molecule has 0 amide bonds. The fourth-order valence-corrected chi connectivity index (χ4v) is 1.05. The summed E-state index contributed by atoms with van der Waals surface area (Å²) in [7, 11) is 0. The van der Waals surface area contributed by atoms with Crippen LogP contribution in [0, 0.1) is 5.82 Å². The van der Waals surface area contributed by atoms with Crippen molar-refractivity contribution in [3.8, 4) is 0 Å². The average Bonchev–Trinajstić information content (AvgIpc) is 2.06. The molecule has 0 N–H and O–H groups in total. The van der Waals surface area contributed by atoms with E-state index in [4.69, 9.17) is 17.0 Å². The van der Waals surface area contributed by atoms with Gasteiger partial charge in [0.25, 0.3) is 0 Å². The van der Waals surface area contributed by atoms with Gasteiger partial charge in [-0.2, -0.15) is 0 Å². The largest absolute Gasteiger partial charge is 0.483 e. The maximum absolute atomic E-state index is 12.5. The van der Waals surface area contributed by atoms with Crippen molar-refractivity contribution in [3.05, 3.63) is 35.6 Å². The highest BCUT2D eigenvalue weighted by Gasteiger charge is 2.00. The smallest absolute Gasteiger partial charge is 0.191 e. The first-order valence-electron chi connectivity index (χ1n) is 3.66. The Labute approximate surface area is 76.2 Å². The molecule has 0 radical (unpaired) electrons. The SMILES string of the molecule is CCOC(=S)c1ccc(F)cc1. The van der Waals surface area contributed by atoms with Crippen molar-refractivity contribution in [2.75, 3.05) is 6.61 Å². The second kappa shape index (κ2) is 4.16. The Hall–Kier alpha value is -0.960. The van der Waals surface area contributed by atoms with Crippen LogP contribution in [0.2, 0.25) is 0 Å². The third-order valence-corrected chi connectivity index (χ3v) is 1.71. The molecule has 0 aliphatic carbocycles. The van der Waals surface area contributed by atoms with E-state index in [-0.39, 0.29) is 5.82 Å². The van der Waals surface area contributed by atoms with Gasteiger partial charge in [0.05, 0.1) is 6.61 Å². The van der Waals surface area contributed by atoms with E-state index in [0.29, 0.717) is 11.7 Å². The summed E-state index contributed by atoms with van der Waals surface area (Å²) in [5, 5.41) is 0.414. The molecule has 0 bridgehead atoms. The fraction of sp³-hybridized carbons (Fsp3) is 0.222. The van der Waals surface area contributed by atoms with Gasteiger partial charge in [-0.15, -0.1) is 0 Å². The lowest BCUT2D eigenvalue weighted by Crippen LogP contribution is -2.02. The summed E-state index contributed by atoms with van der Waals surface area (Å²) in [4.78, 5) is 0. The van der Waals surface area contributed by atoms with E-state index in [2.05, 4.69) is 0 Å². The van der Waals surface area contributed by atoms with E-state index >= 15 is 0 Å². The maximum atomic E-state index is 12.5. The van der Waals surface area contributed by atoms with Crippen LogP contribution in [0.15, 0.2) is 24.3 Å². The molecule has 0 aliphatic rings. The van der Waals surface area contributed by atoms with Crippen LogP contribution in [0.5, 0.6) is 0 Å². The molecule has 0 aliphatic heterocycles. The summed E-state index contributed by atoms with van der Waals surface area (Å²) in [6, 6.07) is 5.93. The van der Waals surface area contributed by atoms with Gasteiger partial charge in [0.1, 0.15) is 5.82 Å². The van der Waals surface area contributed by atoms with Gasteiger partial charge in [-0.05, 0) is 43.4 Å². The molecule has 0 atom stereocenters. The molecule has 3 heteroatoms. The lowest BCUT2D eigenvalue weighted by atomic mass is 10.2. The topological polar surface area (TPSA) is 9.23 Å². The van der Waals surface area contributed by atoms with Gasteiger partial charge in [-0.1, -0.05) is 0 Å². The summed E-state index contributed by atoms with van der Waals surface area (Å²) >= 11 is 4.92. The number of rotatable bonds is 2. The normalized spacial score (nSPS) is 9.50. The highest BCUT2D eigenvalue weighted by atomic mass is 32.1. The predicted molar refractivity (Wildman–Crippen MR) is 49.7 cm³/mol. The predicted octanol–water partition coefficient (Wildman–Crippen LogP) is 2.54. The highest BCUT2D eigenvalue weighted by molar-refractivity contribution is 7.80. The molecule has 0 aromatic heterocycles. The van der Waals surface area contributed by atoms with Crippen molar-refractivity contribution in [1.82, 2.24) is 0 Å². The Morgan fingerprint density at radius 1 is 1.42 bits per heavy atom. The Kier molecular flexibility index (Phi) is 3.17. The van der Waals surface area contributed by atoms with Crippen molar-refractivity contribution in [2.24, 2.45) is 0 Å². The molecule has 1 nitrogen and oxygen atoms in total. The van der Waals surface area contributed by atoms with E-state index in [1.165, 1.54) is 12.1 Å².